The highest BCUT2D eigenvalue weighted by Crippen LogP contribution is 2.24. The molecular formula is C13H8N2O4. The normalized spacial score (nSPS) is 10.5. The van der Waals surface area contributed by atoms with Crippen molar-refractivity contribution >= 4 is 16.9 Å². The quantitative estimate of drug-likeness (QED) is 0.775. The number of benzene rings is 1. The van der Waals surface area contributed by atoms with Crippen LogP contribution in [0.1, 0.15) is 10.5 Å². The first-order valence-corrected chi connectivity index (χ1v) is 5.44. The zero-order chi connectivity index (χ0) is 13.2. The van der Waals surface area contributed by atoms with Crippen LogP contribution in [0.3, 0.4) is 0 Å². The van der Waals surface area contributed by atoms with E-state index in [-0.39, 0.29) is 11.8 Å². The van der Waals surface area contributed by atoms with E-state index >= 15 is 0 Å². The maximum absolute atomic E-state index is 10.7. The lowest BCUT2D eigenvalue weighted by Crippen LogP contribution is -1.95. The van der Waals surface area contributed by atoms with Crippen molar-refractivity contribution in [3.05, 3.63) is 48.5 Å². The number of carboxylic acid groups (broad SMARTS) is 1. The summed E-state index contributed by atoms with van der Waals surface area (Å²) in [6.07, 6.45) is 2.62. The van der Waals surface area contributed by atoms with E-state index in [1.165, 1.54) is 0 Å². The van der Waals surface area contributed by atoms with Crippen LogP contribution in [0.4, 0.5) is 0 Å². The summed E-state index contributed by atoms with van der Waals surface area (Å²) in [5.41, 5.74) is 0.644. The molecule has 0 amide bonds. The first kappa shape index (κ1) is 11.2. The highest BCUT2D eigenvalue weighted by molar-refractivity contribution is 5.85. The molecule has 6 nitrogen and oxygen atoms in total. The van der Waals surface area contributed by atoms with Gasteiger partial charge in [0.2, 0.25) is 0 Å². The predicted molar refractivity (Wildman–Crippen MR) is 65.3 cm³/mol. The molecule has 0 spiro atoms. The second-order valence-electron chi connectivity index (χ2n) is 3.76. The molecule has 1 N–H and O–H groups in total. The highest BCUT2D eigenvalue weighted by Gasteiger charge is 2.12. The van der Waals surface area contributed by atoms with Crippen LogP contribution in [0.15, 0.2) is 47.2 Å². The topological polar surface area (TPSA) is 85.5 Å². The van der Waals surface area contributed by atoms with Gasteiger partial charge < -0.3 is 14.3 Å². The Morgan fingerprint density at radius 1 is 1.32 bits per heavy atom. The second-order valence-corrected chi connectivity index (χ2v) is 3.76. The van der Waals surface area contributed by atoms with E-state index in [4.69, 9.17) is 14.3 Å². The molecule has 0 fully saturated rings. The molecule has 19 heavy (non-hydrogen) atoms. The van der Waals surface area contributed by atoms with Gasteiger partial charge in [0.25, 0.3) is 0 Å². The Kier molecular flexibility index (Phi) is 2.60. The van der Waals surface area contributed by atoms with Gasteiger partial charge in [-0.3, -0.25) is 4.98 Å². The highest BCUT2D eigenvalue weighted by atomic mass is 16.6. The summed E-state index contributed by atoms with van der Waals surface area (Å²) in [7, 11) is 0. The Morgan fingerprint density at radius 3 is 3.00 bits per heavy atom. The third kappa shape index (κ3) is 2.23. The molecule has 0 aliphatic heterocycles. The summed E-state index contributed by atoms with van der Waals surface area (Å²) in [5.74, 6) is -0.666. The van der Waals surface area contributed by atoms with Crippen LogP contribution in [0.2, 0.25) is 0 Å². The van der Waals surface area contributed by atoms with Crippen LogP contribution in [0.5, 0.6) is 11.8 Å². The molecule has 3 aromatic rings. The van der Waals surface area contributed by atoms with Crippen LogP contribution < -0.4 is 4.74 Å². The molecule has 1 aromatic carbocycles. The van der Waals surface area contributed by atoms with Crippen LogP contribution in [-0.2, 0) is 0 Å². The summed E-state index contributed by atoms with van der Waals surface area (Å²) < 4.78 is 10.3. The van der Waals surface area contributed by atoms with Gasteiger partial charge in [-0.05, 0) is 24.3 Å². The molecule has 2 heterocycles. The minimum Gasteiger partial charge on any atom is -0.476 e. The van der Waals surface area contributed by atoms with Crippen LogP contribution in [0, 0.1) is 0 Å². The van der Waals surface area contributed by atoms with Crippen LogP contribution in [0.25, 0.3) is 10.9 Å². The number of aromatic nitrogens is 2. The number of hydrogen-bond acceptors (Lipinski definition) is 5. The molecule has 0 bridgehead atoms. The van der Waals surface area contributed by atoms with E-state index < -0.39 is 5.97 Å². The van der Waals surface area contributed by atoms with Gasteiger partial charge in [-0.1, -0.05) is 6.07 Å². The third-order valence-corrected chi connectivity index (χ3v) is 2.48. The van der Waals surface area contributed by atoms with Gasteiger partial charge in [0.05, 0.1) is 5.52 Å². The van der Waals surface area contributed by atoms with Crippen LogP contribution >= 0.6 is 0 Å². The predicted octanol–water partition coefficient (Wildman–Crippen LogP) is 2.71. The summed E-state index contributed by atoms with van der Waals surface area (Å²) in [4.78, 5) is 18.5. The summed E-state index contributed by atoms with van der Waals surface area (Å²) in [6.45, 7) is 0. The van der Waals surface area contributed by atoms with E-state index in [1.807, 2.05) is 12.1 Å². The average molecular weight is 256 g/mol. The minimum absolute atomic E-state index is 0.111. The summed E-state index contributed by atoms with van der Waals surface area (Å²) >= 11 is 0. The van der Waals surface area contributed by atoms with Crippen molar-refractivity contribution in [1.29, 1.82) is 0 Å². The number of oxazole rings is 1. The van der Waals surface area contributed by atoms with Gasteiger partial charge in [0, 0.05) is 11.6 Å². The molecule has 0 unspecified atom stereocenters. The van der Waals surface area contributed by atoms with Gasteiger partial charge >= 0.3 is 12.0 Å². The molecule has 3 rings (SSSR count). The van der Waals surface area contributed by atoms with Crippen molar-refractivity contribution in [2.75, 3.05) is 0 Å². The molecule has 94 valence electrons. The maximum atomic E-state index is 10.7. The summed E-state index contributed by atoms with van der Waals surface area (Å²) in [5, 5.41) is 9.63. The Morgan fingerprint density at radius 2 is 2.21 bits per heavy atom. The number of nitrogens with zero attached hydrogens (tertiary/aromatic N) is 2. The molecule has 0 radical (unpaired) electrons. The van der Waals surface area contributed by atoms with Crippen molar-refractivity contribution < 1.29 is 19.1 Å². The number of carbonyl (C=O) groups is 1. The Balaban J connectivity index is 1.89. The lowest BCUT2D eigenvalue weighted by atomic mass is 10.2. The van der Waals surface area contributed by atoms with Gasteiger partial charge in [-0.15, -0.1) is 0 Å². The van der Waals surface area contributed by atoms with E-state index in [1.54, 1.807) is 24.4 Å². The number of aromatic carboxylic acids is 1. The van der Waals surface area contributed by atoms with Crippen molar-refractivity contribution in [2.45, 2.75) is 0 Å². The van der Waals surface area contributed by atoms with Gasteiger partial charge in [0.1, 0.15) is 12.0 Å². The number of pyridine rings is 1. The molecule has 0 atom stereocenters. The zero-order valence-electron chi connectivity index (χ0n) is 9.61. The standard InChI is InChI=1S/C13H8N2O4/c16-12(17)11-7-18-13(15-11)19-9-3-4-10-8(6-9)2-1-5-14-10/h1-7H,(H,16,17). The first-order chi connectivity index (χ1) is 9.22. The van der Waals surface area contributed by atoms with E-state index in [2.05, 4.69) is 9.97 Å². The van der Waals surface area contributed by atoms with E-state index in [0.717, 1.165) is 17.2 Å². The average Bonchev–Trinajstić information content (AvgIpc) is 2.87. The molecule has 0 saturated carbocycles. The molecule has 6 heteroatoms. The van der Waals surface area contributed by atoms with Crippen molar-refractivity contribution in [2.24, 2.45) is 0 Å². The SMILES string of the molecule is O=C(O)c1coc(Oc2ccc3ncccc3c2)n1. The molecule has 0 aliphatic carbocycles. The third-order valence-electron chi connectivity index (χ3n) is 2.48. The number of rotatable bonds is 3. The van der Waals surface area contributed by atoms with Gasteiger partial charge in [-0.2, -0.15) is 4.98 Å². The maximum Gasteiger partial charge on any atom is 0.399 e. The lowest BCUT2D eigenvalue weighted by molar-refractivity contribution is 0.0690. The Bertz CT molecular complexity index is 751. The number of ether oxygens (including phenoxy) is 1. The largest absolute Gasteiger partial charge is 0.476 e. The lowest BCUT2D eigenvalue weighted by Gasteiger charge is -2.01. The first-order valence-electron chi connectivity index (χ1n) is 5.44. The monoisotopic (exact) mass is 256 g/mol. The Hall–Kier alpha value is -2.89. The van der Waals surface area contributed by atoms with Gasteiger partial charge in [0.15, 0.2) is 5.69 Å². The van der Waals surface area contributed by atoms with E-state index in [9.17, 15) is 4.79 Å². The van der Waals surface area contributed by atoms with Crippen molar-refractivity contribution in [1.82, 2.24) is 9.97 Å². The number of fused-ring (bicyclic) bond motifs is 1. The van der Waals surface area contributed by atoms with E-state index in [0.29, 0.717) is 5.75 Å². The van der Waals surface area contributed by atoms with Crippen molar-refractivity contribution in [3.8, 4) is 11.8 Å². The molecule has 0 aliphatic rings. The Labute approximate surface area is 107 Å². The minimum atomic E-state index is -1.17. The number of hydrogen-bond donors (Lipinski definition) is 1. The van der Waals surface area contributed by atoms with Crippen LogP contribution in [-0.4, -0.2) is 21.0 Å². The fraction of sp³-hybridized carbons (Fsp3) is 0. The molecule has 0 saturated heterocycles. The summed E-state index contributed by atoms with van der Waals surface area (Å²) in [6, 6.07) is 8.99. The molecular weight excluding hydrogens is 248 g/mol. The fourth-order valence-corrected chi connectivity index (χ4v) is 1.62. The van der Waals surface area contributed by atoms with Crippen molar-refractivity contribution in [3.63, 3.8) is 0 Å². The zero-order valence-corrected chi connectivity index (χ0v) is 9.61. The smallest absolute Gasteiger partial charge is 0.399 e. The fourth-order valence-electron chi connectivity index (χ4n) is 1.62. The second kappa shape index (κ2) is 4.41. The van der Waals surface area contributed by atoms with Gasteiger partial charge in [-0.25, -0.2) is 4.79 Å². The molecule has 2 aromatic heterocycles. The number of carboxylic acids is 1.